The number of nitrogens with one attached hydrogen (secondary N) is 1. The van der Waals surface area contributed by atoms with Crippen molar-refractivity contribution in [2.75, 3.05) is 6.61 Å². The highest BCUT2D eigenvalue weighted by Gasteiger charge is 2.07. The molecular weight excluding hydrogens is 360 g/mol. The van der Waals surface area contributed by atoms with E-state index in [2.05, 4.69) is 34.4 Å². The Morgan fingerprint density at radius 1 is 1.15 bits per heavy atom. The van der Waals surface area contributed by atoms with Crippen molar-refractivity contribution in [1.29, 1.82) is 0 Å². The van der Waals surface area contributed by atoms with E-state index < -0.39 is 0 Å². The van der Waals surface area contributed by atoms with Gasteiger partial charge < -0.3 is 9.47 Å². The quantitative estimate of drug-likeness (QED) is 0.485. The van der Waals surface area contributed by atoms with Crippen LogP contribution in [0.5, 0.6) is 11.5 Å². The summed E-state index contributed by atoms with van der Waals surface area (Å²) >= 11 is 5.15. The van der Waals surface area contributed by atoms with Crippen LogP contribution in [0, 0.1) is 18.6 Å². The molecule has 2 aromatic carbocycles. The third kappa shape index (κ3) is 4.83. The zero-order valence-electron chi connectivity index (χ0n) is 15.6. The van der Waals surface area contributed by atoms with E-state index in [1.807, 2.05) is 44.2 Å². The predicted molar refractivity (Wildman–Crippen MR) is 108 cm³/mol. The molecule has 3 aromatic rings. The third-order valence-electron chi connectivity index (χ3n) is 3.88. The topological polar surface area (TPSA) is 64.4 Å². The van der Waals surface area contributed by atoms with Gasteiger partial charge in [-0.15, -0.1) is 0 Å². The highest BCUT2D eigenvalue weighted by molar-refractivity contribution is 7.71. The molecule has 0 aliphatic heterocycles. The van der Waals surface area contributed by atoms with Crippen molar-refractivity contribution in [3.05, 3.63) is 69.8 Å². The van der Waals surface area contributed by atoms with Gasteiger partial charge in [-0.1, -0.05) is 29.8 Å². The van der Waals surface area contributed by atoms with Crippen LogP contribution in [-0.2, 0) is 6.61 Å². The standard InChI is InChI=1S/C20H22N4O2S/c1-4-25-19-11-16(12-21-24-15(3)22-23-20(24)27)8-9-18(19)26-13-17-7-5-6-14(2)10-17/h5-12H,4,13H2,1-3H3,(H,23,27)/b21-12+. The van der Waals surface area contributed by atoms with Gasteiger partial charge in [0.2, 0.25) is 4.77 Å². The Balaban J connectivity index is 1.79. The van der Waals surface area contributed by atoms with Crippen LogP contribution in [0.25, 0.3) is 0 Å². The molecule has 6 nitrogen and oxygen atoms in total. The van der Waals surface area contributed by atoms with Gasteiger partial charge in [0.1, 0.15) is 12.4 Å². The number of aromatic nitrogens is 3. The van der Waals surface area contributed by atoms with E-state index in [-0.39, 0.29) is 0 Å². The molecule has 140 valence electrons. The van der Waals surface area contributed by atoms with Crippen LogP contribution < -0.4 is 9.47 Å². The van der Waals surface area contributed by atoms with Gasteiger partial charge in [-0.05, 0) is 62.3 Å². The maximum absolute atomic E-state index is 5.97. The normalized spacial score (nSPS) is 11.1. The smallest absolute Gasteiger partial charge is 0.216 e. The number of aromatic amines is 1. The Bertz CT molecular complexity index is 1010. The summed E-state index contributed by atoms with van der Waals surface area (Å²) in [7, 11) is 0. The molecule has 0 atom stereocenters. The molecule has 0 spiro atoms. The Hall–Kier alpha value is -2.93. The zero-order chi connectivity index (χ0) is 19.2. The molecule has 27 heavy (non-hydrogen) atoms. The molecule has 0 aliphatic rings. The maximum Gasteiger partial charge on any atom is 0.216 e. The molecule has 0 saturated heterocycles. The Morgan fingerprint density at radius 3 is 2.70 bits per heavy atom. The number of ether oxygens (including phenoxy) is 2. The van der Waals surface area contributed by atoms with Crippen LogP contribution in [-0.4, -0.2) is 27.7 Å². The summed E-state index contributed by atoms with van der Waals surface area (Å²) < 4.78 is 13.7. The molecule has 0 amide bonds. The fourth-order valence-electron chi connectivity index (χ4n) is 2.59. The van der Waals surface area contributed by atoms with Crippen molar-refractivity contribution in [2.45, 2.75) is 27.4 Å². The van der Waals surface area contributed by atoms with Gasteiger partial charge in [0, 0.05) is 0 Å². The first kappa shape index (κ1) is 18.8. The molecule has 0 unspecified atom stereocenters. The van der Waals surface area contributed by atoms with Crippen molar-refractivity contribution in [3.63, 3.8) is 0 Å². The lowest BCUT2D eigenvalue weighted by atomic mass is 10.1. The molecule has 3 rings (SSSR count). The number of rotatable bonds is 7. The summed E-state index contributed by atoms with van der Waals surface area (Å²) in [5.74, 6) is 2.08. The summed E-state index contributed by atoms with van der Waals surface area (Å²) in [4.78, 5) is 0. The van der Waals surface area contributed by atoms with Gasteiger partial charge in [0.05, 0.1) is 12.8 Å². The highest BCUT2D eigenvalue weighted by atomic mass is 32.1. The maximum atomic E-state index is 5.97. The van der Waals surface area contributed by atoms with E-state index in [1.54, 1.807) is 10.9 Å². The van der Waals surface area contributed by atoms with E-state index >= 15 is 0 Å². The first-order valence-corrected chi connectivity index (χ1v) is 9.11. The van der Waals surface area contributed by atoms with Crippen LogP contribution in [0.2, 0.25) is 0 Å². The highest BCUT2D eigenvalue weighted by Crippen LogP contribution is 2.29. The van der Waals surface area contributed by atoms with Gasteiger partial charge in [-0.2, -0.15) is 14.9 Å². The molecule has 0 fully saturated rings. The summed E-state index contributed by atoms with van der Waals surface area (Å²) in [5, 5.41) is 11.1. The Morgan fingerprint density at radius 2 is 2.00 bits per heavy atom. The van der Waals surface area contributed by atoms with Crippen molar-refractivity contribution >= 4 is 18.4 Å². The van der Waals surface area contributed by atoms with Crippen LogP contribution in [0.3, 0.4) is 0 Å². The fourth-order valence-corrected chi connectivity index (χ4v) is 2.81. The first-order valence-electron chi connectivity index (χ1n) is 8.70. The molecule has 0 aliphatic carbocycles. The van der Waals surface area contributed by atoms with Gasteiger partial charge in [-0.3, -0.25) is 5.10 Å². The molecule has 1 aromatic heterocycles. The van der Waals surface area contributed by atoms with E-state index in [0.29, 0.717) is 35.3 Å². The van der Waals surface area contributed by atoms with Gasteiger partial charge in [0.25, 0.3) is 0 Å². The lowest BCUT2D eigenvalue weighted by Crippen LogP contribution is -2.01. The molecule has 1 N–H and O–H groups in total. The summed E-state index contributed by atoms with van der Waals surface area (Å²) in [6, 6.07) is 14.0. The number of benzene rings is 2. The molecule has 7 heteroatoms. The zero-order valence-corrected chi connectivity index (χ0v) is 16.4. The van der Waals surface area contributed by atoms with E-state index in [0.717, 1.165) is 11.1 Å². The van der Waals surface area contributed by atoms with E-state index in [9.17, 15) is 0 Å². The second-order valence-electron chi connectivity index (χ2n) is 6.05. The summed E-state index contributed by atoms with van der Waals surface area (Å²) in [5.41, 5.74) is 3.21. The van der Waals surface area contributed by atoms with Crippen LogP contribution in [0.1, 0.15) is 29.4 Å². The van der Waals surface area contributed by atoms with Gasteiger partial charge in [0.15, 0.2) is 11.5 Å². The lowest BCUT2D eigenvalue weighted by Gasteiger charge is -2.13. The average Bonchev–Trinajstić information content (AvgIpc) is 2.97. The number of hydrogen-bond acceptors (Lipinski definition) is 5. The van der Waals surface area contributed by atoms with Crippen LogP contribution in [0.15, 0.2) is 47.6 Å². The second kappa shape index (κ2) is 8.64. The van der Waals surface area contributed by atoms with Crippen LogP contribution >= 0.6 is 12.2 Å². The number of hydrogen-bond donors (Lipinski definition) is 1. The molecule has 0 radical (unpaired) electrons. The average molecular weight is 382 g/mol. The van der Waals surface area contributed by atoms with E-state index in [4.69, 9.17) is 21.7 Å². The predicted octanol–water partition coefficient (Wildman–Crippen LogP) is 4.42. The minimum atomic E-state index is 0.451. The van der Waals surface area contributed by atoms with Crippen molar-refractivity contribution in [2.24, 2.45) is 5.10 Å². The minimum Gasteiger partial charge on any atom is -0.490 e. The minimum absolute atomic E-state index is 0.451. The molecular formula is C20H22N4O2S. The van der Waals surface area contributed by atoms with Gasteiger partial charge in [-0.25, -0.2) is 0 Å². The number of aryl methyl sites for hydroxylation is 2. The van der Waals surface area contributed by atoms with Gasteiger partial charge >= 0.3 is 0 Å². The molecule has 0 bridgehead atoms. The third-order valence-corrected chi connectivity index (χ3v) is 4.14. The Labute approximate surface area is 163 Å². The summed E-state index contributed by atoms with van der Waals surface area (Å²) in [6.07, 6.45) is 1.71. The fraction of sp³-hybridized carbons (Fsp3) is 0.250. The number of H-pyrrole nitrogens is 1. The Kier molecular flexibility index (Phi) is 6.03. The first-order chi connectivity index (χ1) is 13.1. The van der Waals surface area contributed by atoms with Crippen molar-refractivity contribution < 1.29 is 9.47 Å². The SMILES string of the molecule is CCOc1cc(/C=N/n2c(C)n[nH]c2=S)ccc1OCc1cccc(C)c1. The van der Waals surface area contributed by atoms with Crippen molar-refractivity contribution in [3.8, 4) is 11.5 Å². The molecule has 0 saturated carbocycles. The molecule has 1 heterocycles. The second-order valence-corrected chi connectivity index (χ2v) is 6.44. The van der Waals surface area contributed by atoms with Crippen molar-refractivity contribution in [1.82, 2.24) is 14.9 Å². The monoisotopic (exact) mass is 382 g/mol. The van der Waals surface area contributed by atoms with Crippen LogP contribution in [0.4, 0.5) is 0 Å². The van der Waals surface area contributed by atoms with E-state index in [1.165, 1.54) is 5.56 Å². The number of nitrogens with zero attached hydrogens (tertiary/aromatic N) is 3. The largest absolute Gasteiger partial charge is 0.490 e. The lowest BCUT2D eigenvalue weighted by molar-refractivity contribution is 0.269. The summed E-state index contributed by atoms with van der Waals surface area (Å²) in [6.45, 7) is 6.87.